The Labute approximate surface area is 163 Å². The molecular formula is C18H18N4O5S. The normalized spacial score (nSPS) is 18.9. The molecular weight excluding hydrogens is 384 g/mol. The summed E-state index contributed by atoms with van der Waals surface area (Å²) in [6.45, 7) is 1.81. The highest BCUT2D eigenvalue weighted by molar-refractivity contribution is 7.90. The highest BCUT2D eigenvalue weighted by Gasteiger charge is 2.34. The molecule has 1 heterocycles. The Morgan fingerprint density at radius 2 is 1.96 bits per heavy atom. The number of rotatable bonds is 7. The molecule has 0 aromatic heterocycles. The smallest absolute Gasteiger partial charge is 0.326 e. The molecule has 0 bridgehead atoms. The van der Waals surface area contributed by atoms with Gasteiger partial charge >= 0.3 is 5.97 Å². The van der Waals surface area contributed by atoms with Gasteiger partial charge in [0, 0.05) is 24.3 Å². The van der Waals surface area contributed by atoms with Crippen LogP contribution in [0.25, 0.3) is 0 Å². The van der Waals surface area contributed by atoms with E-state index in [0.29, 0.717) is 18.1 Å². The van der Waals surface area contributed by atoms with Crippen molar-refractivity contribution < 1.29 is 19.6 Å². The summed E-state index contributed by atoms with van der Waals surface area (Å²) < 4.78 is 11.8. The lowest BCUT2D eigenvalue weighted by Gasteiger charge is -2.23. The number of benzene rings is 2. The van der Waals surface area contributed by atoms with Gasteiger partial charge in [0.05, 0.1) is 21.5 Å². The van der Waals surface area contributed by atoms with Gasteiger partial charge in [-0.3, -0.25) is 19.2 Å². The van der Waals surface area contributed by atoms with Crippen LogP contribution in [0.15, 0.2) is 64.0 Å². The predicted molar refractivity (Wildman–Crippen MR) is 106 cm³/mol. The Balaban J connectivity index is 2.10. The van der Waals surface area contributed by atoms with Gasteiger partial charge in [-0.25, -0.2) is 9.36 Å². The molecule has 1 aliphatic heterocycles. The van der Waals surface area contributed by atoms with Gasteiger partial charge in [-0.15, -0.1) is 0 Å². The van der Waals surface area contributed by atoms with E-state index in [0.717, 1.165) is 5.56 Å². The zero-order valence-corrected chi connectivity index (χ0v) is 15.8. The molecule has 0 saturated carbocycles. The Hall–Kier alpha value is -3.11. The SMILES string of the molecule is CCOC1N=C(c2ccccc2)N(c2ccc([N+](=O)[O-])cc2)S1=NCC(=O)O. The number of nitro benzene ring substituents is 1. The van der Waals surface area contributed by atoms with Gasteiger partial charge in [-0.1, -0.05) is 30.3 Å². The van der Waals surface area contributed by atoms with Crippen LogP contribution in [0.3, 0.4) is 0 Å². The minimum atomic E-state index is -1.06. The molecule has 0 fully saturated rings. The minimum Gasteiger partial charge on any atom is -0.480 e. The number of hydrogen-bond donors (Lipinski definition) is 1. The maximum absolute atomic E-state index is 11.1. The molecule has 0 amide bonds. The van der Waals surface area contributed by atoms with Crippen molar-refractivity contribution in [3.8, 4) is 0 Å². The van der Waals surface area contributed by atoms with E-state index >= 15 is 0 Å². The average Bonchev–Trinajstić information content (AvgIpc) is 3.05. The average molecular weight is 402 g/mol. The predicted octanol–water partition coefficient (Wildman–Crippen LogP) is 2.98. The van der Waals surface area contributed by atoms with Crippen molar-refractivity contribution in [2.24, 2.45) is 9.36 Å². The molecule has 2 atom stereocenters. The molecule has 10 heteroatoms. The zero-order valence-electron chi connectivity index (χ0n) is 15.0. The number of nitro groups is 1. The number of nitrogens with zero attached hydrogens (tertiary/aromatic N) is 4. The molecule has 0 radical (unpaired) electrons. The Kier molecular flexibility index (Phi) is 6.12. The minimum absolute atomic E-state index is 0.0372. The molecule has 9 nitrogen and oxygen atoms in total. The Morgan fingerprint density at radius 3 is 2.54 bits per heavy atom. The fraction of sp³-hybridized carbons (Fsp3) is 0.222. The molecule has 1 aliphatic rings. The van der Waals surface area contributed by atoms with Gasteiger partial charge in [0.25, 0.3) is 5.69 Å². The number of aliphatic carboxylic acids is 1. The number of carboxylic acid groups (broad SMARTS) is 1. The number of non-ortho nitro benzene ring substituents is 1. The molecule has 0 spiro atoms. The quantitative estimate of drug-likeness (QED) is 0.562. The van der Waals surface area contributed by atoms with Crippen LogP contribution >= 0.6 is 0 Å². The Morgan fingerprint density at radius 1 is 1.29 bits per heavy atom. The molecule has 3 rings (SSSR count). The van der Waals surface area contributed by atoms with E-state index in [1.54, 1.807) is 16.4 Å². The lowest BCUT2D eigenvalue weighted by Crippen LogP contribution is -2.31. The molecule has 0 saturated heterocycles. The molecule has 1 N–H and O–H groups in total. The third-order valence-corrected chi connectivity index (χ3v) is 5.51. The topological polar surface area (TPSA) is 118 Å². The van der Waals surface area contributed by atoms with Gasteiger partial charge in [0.2, 0.25) is 5.56 Å². The second-order valence-electron chi connectivity index (χ2n) is 5.62. The van der Waals surface area contributed by atoms with Crippen LogP contribution in [0.4, 0.5) is 11.4 Å². The number of amidine groups is 1. The van der Waals surface area contributed by atoms with E-state index < -0.39 is 33.9 Å². The number of hydrogen-bond acceptors (Lipinski definition) is 6. The van der Waals surface area contributed by atoms with Crippen LogP contribution in [-0.4, -0.2) is 40.5 Å². The molecule has 146 valence electrons. The van der Waals surface area contributed by atoms with E-state index in [2.05, 4.69) is 9.36 Å². The summed E-state index contributed by atoms with van der Waals surface area (Å²) in [7, 11) is -1.04. The van der Waals surface area contributed by atoms with Crippen LogP contribution in [0.5, 0.6) is 0 Å². The van der Waals surface area contributed by atoms with Crippen LogP contribution in [0.1, 0.15) is 12.5 Å². The summed E-state index contributed by atoms with van der Waals surface area (Å²) in [4.78, 5) is 26.2. The molecule has 2 aromatic rings. The van der Waals surface area contributed by atoms with E-state index in [1.807, 2.05) is 37.3 Å². The first kappa shape index (κ1) is 19.6. The summed E-state index contributed by atoms with van der Waals surface area (Å²) in [6, 6.07) is 15.4. The standard InChI is InChI=1S/C18H18N4O5S/c1-2-27-18-20-17(13-6-4-3-5-7-13)21(28(18)19-12-16(23)24)14-8-10-15(11-9-14)22(25)26/h3-11,18H,2,12H2,1H3,(H,23,24). The first-order valence-electron chi connectivity index (χ1n) is 8.43. The number of aliphatic imine (C=N–C) groups is 1. The first-order valence-corrected chi connectivity index (χ1v) is 9.63. The maximum atomic E-state index is 11.1. The van der Waals surface area contributed by atoms with E-state index in [1.165, 1.54) is 12.1 Å². The second kappa shape index (κ2) is 8.72. The first-order chi connectivity index (χ1) is 13.5. The molecule has 2 unspecified atom stereocenters. The van der Waals surface area contributed by atoms with Crippen molar-refractivity contribution >= 4 is 34.1 Å². The largest absolute Gasteiger partial charge is 0.480 e. The highest BCUT2D eigenvalue weighted by Crippen LogP contribution is 2.30. The van der Waals surface area contributed by atoms with Gasteiger partial charge in [-0.05, 0) is 19.1 Å². The monoisotopic (exact) mass is 402 g/mol. The fourth-order valence-electron chi connectivity index (χ4n) is 2.58. The third-order valence-electron chi connectivity index (χ3n) is 3.76. The summed E-state index contributed by atoms with van der Waals surface area (Å²) in [5.41, 5.74) is 0.735. The fourth-order valence-corrected chi connectivity index (χ4v) is 4.37. The van der Waals surface area contributed by atoms with Gasteiger partial charge in [0.1, 0.15) is 12.4 Å². The van der Waals surface area contributed by atoms with Crippen molar-refractivity contribution in [2.45, 2.75) is 12.5 Å². The van der Waals surface area contributed by atoms with E-state index in [4.69, 9.17) is 9.84 Å². The van der Waals surface area contributed by atoms with Crippen LogP contribution in [0, 0.1) is 10.1 Å². The molecule has 2 aromatic carbocycles. The van der Waals surface area contributed by atoms with Crippen molar-refractivity contribution in [3.63, 3.8) is 0 Å². The molecule has 28 heavy (non-hydrogen) atoms. The van der Waals surface area contributed by atoms with Crippen LogP contribution in [0.2, 0.25) is 0 Å². The molecule has 0 aliphatic carbocycles. The van der Waals surface area contributed by atoms with Crippen LogP contribution < -0.4 is 4.31 Å². The van der Waals surface area contributed by atoms with Crippen molar-refractivity contribution in [3.05, 3.63) is 70.3 Å². The van der Waals surface area contributed by atoms with Gasteiger partial charge < -0.3 is 9.84 Å². The number of anilines is 1. The van der Waals surface area contributed by atoms with E-state index in [-0.39, 0.29) is 5.69 Å². The van der Waals surface area contributed by atoms with Crippen molar-refractivity contribution in [1.29, 1.82) is 0 Å². The van der Waals surface area contributed by atoms with E-state index in [9.17, 15) is 14.9 Å². The summed E-state index contributed by atoms with van der Waals surface area (Å²) in [6.07, 6.45) is 0. The van der Waals surface area contributed by atoms with Crippen LogP contribution in [-0.2, 0) is 20.4 Å². The maximum Gasteiger partial charge on any atom is 0.326 e. The summed E-state index contributed by atoms with van der Waals surface area (Å²) in [5.74, 6) is -0.482. The zero-order chi connectivity index (χ0) is 20.1. The summed E-state index contributed by atoms with van der Waals surface area (Å²) >= 11 is 0. The number of carboxylic acids is 1. The third kappa shape index (κ3) is 4.24. The van der Waals surface area contributed by atoms with Gasteiger partial charge in [0.15, 0.2) is 0 Å². The lowest BCUT2D eigenvalue weighted by atomic mass is 10.2. The highest BCUT2D eigenvalue weighted by atomic mass is 32.2. The second-order valence-corrected chi connectivity index (χ2v) is 7.23. The number of ether oxygens (including phenoxy) is 1. The lowest BCUT2D eigenvalue weighted by molar-refractivity contribution is -0.384. The Bertz CT molecular complexity index is 931. The van der Waals surface area contributed by atoms with Crippen molar-refractivity contribution in [1.82, 2.24) is 0 Å². The van der Waals surface area contributed by atoms with Crippen molar-refractivity contribution in [2.75, 3.05) is 17.5 Å². The van der Waals surface area contributed by atoms with Gasteiger partial charge in [-0.2, -0.15) is 0 Å². The number of carbonyl (C=O) groups is 1. The summed E-state index contributed by atoms with van der Waals surface area (Å²) in [5, 5.41) is 20.0.